The first-order valence-corrected chi connectivity index (χ1v) is 8.73. The Morgan fingerprint density at radius 1 is 1.15 bits per heavy atom. The molecule has 20 heavy (non-hydrogen) atoms. The Hall–Kier alpha value is -0.600. The lowest BCUT2D eigenvalue weighted by atomic mass is 9.92. The first-order valence-electron chi connectivity index (χ1n) is 7.93. The lowest BCUT2D eigenvalue weighted by Crippen LogP contribution is -2.32. The molecule has 1 N–H and O–H groups in total. The molecule has 110 valence electrons. The van der Waals surface area contributed by atoms with E-state index in [0.29, 0.717) is 6.04 Å². The van der Waals surface area contributed by atoms with Gasteiger partial charge < -0.3 is 5.32 Å². The van der Waals surface area contributed by atoms with Crippen molar-refractivity contribution in [3.05, 3.63) is 46.0 Å². The van der Waals surface area contributed by atoms with Crippen LogP contribution in [0.15, 0.2) is 40.4 Å². The minimum Gasteiger partial charge on any atom is -0.313 e. The molecule has 0 aliphatic heterocycles. The van der Waals surface area contributed by atoms with E-state index in [9.17, 15) is 0 Å². The molecule has 0 spiro atoms. The Bertz CT molecular complexity index is 422. The summed E-state index contributed by atoms with van der Waals surface area (Å²) in [5.41, 5.74) is 3.10. The van der Waals surface area contributed by atoms with Crippen LogP contribution in [-0.2, 0) is 6.42 Å². The Morgan fingerprint density at radius 2 is 1.95 bits per heavy atom. The molecule has 0 saturated heterocycles. The molecule has 0 radical (unpaired) electrons. The van der Waals surface area contributed by atoms with Gasteiger partial charge in [-0.25, -0.2) is 0 Å². The molecule has 1 atom stereocenters. The van der Waals surface area contributed by atoms with E-state index in [-0.39, 0.29) is 0 Å². The van der Waals surface area contributed by atoms with E-state index in [1.54, 1.807) is 5.57 Å². The molecule has 1 aromatic carbocycles. The molecule has 1 unspecified atom stereocenters. The van der Waals surface area contributed by atoms with Crippen LogP contribution >= 0.6 is 15.9 Å². The zero-order valence-electron chi connectivity index (χ0n) is 12.5. The molecule has 0 bridgehead atoms. The normalized spacial score (nSPS) is 16.8. The number of allylic oxidation sites excluding steroid dienone is 1. The second-order valence-corrected chi connectivity index (χ2v) is 6.71. The third-order valence-corrected chi connectivity index (χ3v) is 4.50. The summed E-state index contributed by atoms with van der Waals surface area (Å²) in [6.07, 6.45) is 11.4. The molecule has 1 nitrogen and oxygen atoms in total. The molecule has 0 aromatic heterocycles. The van der Waals surface area contributed by atoms with E-state index in [4.69, 9.17) is 0 Å². The second kappa shape index (κ2) is 8.63. The third kappa shape index (κ3) is 5.41. The number of hydrogen-bond acceptors (Lipinski definition) is 1. The minimum absolute atomic E-state index is 0.584. The van der Waals surface area contributed by atoms with Gasteiger partial charge in [-0.2, -0.15) is 0 Å². The third-order valence-electron chi connectivity index (χ3n) is 3.97. The monoisotopic (exact) mass is 335 g/mol. The first-order chi connectivity index (χ1) is 9.78. The van der Waals surface area contributed by atoms with Gasteiger partial charge in [-0.3, -0.25) is 0 Å². The predicted octanol–water partition coefficient (Wildman–Crippen LogP) is 5.25. The Balaban J connectivity index is 1.95. The summed E-state index contributed by atoms with van der Waals surface area (Å²) in [7, 11) is 0. The van der Waals surface area contributed by atoms with Gasteiger partial charge >= 0.3 is 0 Å². The summed E-state index contributed by atoms with van der Waals surface area (Å²) in [5, 5.41) is 3.73. The molecule has 0 amide bonds. The molecule has 1 aliphatic carbocycles. The van der Waals surface area contributed by atoms with E-state index in [1.165, 1.54) is 44.1 Å². The van der Waals surface area contributed by atoms with E-state index in [2.05, 4.69) is 58.5 Å². The van der Waals surface area contributed by atoms with Gasteiger partial charge in [0.1, 0.15) is 0 Å². The quantitative estimate of drug-likeness (QED) is 0.671. The highest BCUT2D eigenvalue weighted by molar-refractivity contribution is 9.10. The van der Waals surface area contributed by atoms with Gasteiger partial charge in [0.15, 0.2) is 0 Å². The van der Waals surface area contributed by atoms with Crippen LogP contribution in [0.2, 0.25) is 0 Å². The van der Waals surface area contributed by atoms with Crippen LogP contribution in [-0.4, -0.2) is 12.6 Å². The van der Waals surface area contributed by atoms with Crippen LogP contribution in [0.4, 0.5) is 0 Å². The Labute approximate surface area is 132 Å². The van der Waals surface area contributed by atoms with Gasteiger partial charge in [0.25, 0.3) is 0 Å². The number of nitrogens with one attached hydrogen (secondary N) is 1. The fraction of sp³-hybridized carbons (Fsp3) is 0.556. The van der Waals surface area contributed by atoms with Gasteiger partial charge in [-0.1, -0.05) is 46.6 Å². The summed E-state index contributed by atoms with van der Waals surface area (Å²) in [6.45, 7) is 3.36. The number of halogens is 1. The van der Waals surface area contributed by atoms with Crippen molar-refractivity contribution in [2.45, 2.75) is 57.9 Å². The molecular formula is C18H26BrN. The molecule has 0 saturated carbocycles. The highest BCUT2D eigenvalue weighted by Crippen LogP contribution is 2.23. The fourth-order valence-electron chi connectivity index (χ4n) is 2.88. The molecule has 1 aliphatic rings. The van der Waals surface area contributed by atoms with Gasteiger partial charge in [0.05, 0.1) is 0 Å². The lowest BCUT2D eigenvalue weighted by Gasteiger charge is -2.22. The predicted molar refractivity (Wildman–Crippen MR) is 91.1 cm³/mol. The van der Waals surface area contributed by atoms with Crippen LogP contribution < -0.4 is 5.32 Å². The molecule has 2 heteroatoms. The first kappa shape index (κ1) is 15.8. The van der Waals surface area contributed by atoms with Crippen molar-refractivity contribution in [3.63, 3.8) is 0 Å². The van der Waals surface area contributed by atoms with Crippen molar-refractivity contribution in [3.8, 4) is 0 Å². The van der Waals surface area contributed by atoms with E-state index < -0.39 is 0 Å². The van der Waals surface area contributed by atoms with Crippen LogP contribution in [0.1, 0.15) is 51.0 Å². The maximum Gasteiger partial charge on any atom is 0.0175 e. The van der Waals surface area contributed by atoms with Crippen molar-refractivity contribution < 1.29 is 0 Å². The van der Waals surface area contributed by atoms with Crippen LogP contribution in [0.25, 0.3) is 0 Å². The average Bonchev–Trinajstić information content (AvgIpc) is 2.48. The largest absolute Gasteiger partial charge is 0.313 e. The summed E-state index contributed by atoms with van der Waals surface area (Å²) < 4.78 is 1.16. The average molecular weight is 336 g/mol. The maximum absolute atomic E-state index is 3.73. The molecular weight excluding hydrogens is 310 g/mol. The van der Waals surface area contributed by atoms with E-state index in [0.717, 1.165) is 17.4 Å². The van der Waals surface area contributed by atoms with Crippen molar-refractivity contribution in [2.75, 3.05) is 6.54 Å². The van der Waals surface area contributed by atoms with Gasteiger partial charge in [0, 0.05) is 10.5 Å². The molecule has 0 fully saturated rings. The zero-order valence-corrected chi connectivity index (χ0v) is 14.1. The summed E-state index contributed by atoms with van der Waals surface area (Å²) >= 11 is 3.51. The number of benzene rings is 1. The SMILES string of the molecule is CCCNC(CC1=CCCCC1)Cc1ccc(Br)cc1. The summed E-state index contributed by atoms with van der Waals surface area (Å²) in [6, 6.07) is 9.35. The van der Waals surface area contributed by atoms with Gasteiger partial charge in [-0.05, 0) is 69.2 Å². The molecule has 0 heterocycles. The van der Waals surface area contributed by atoms with Gasteiger partial charge in [-0.15, -0.1) is 0 Å². The lowest BCUT2D eigenvalue weighted by molar-refractivity contribution is 0.490. The minimum atomic E-state index is 0.584. The van der Waals surface area contributed by atoms with Crippen molar-refractivity contribution >= 4 is 15.9 Å². The van der Waals surface area contributed by atoms with Crippen molar-refractivity contribution in [2.24, 2.45) is 0 Å². The fourth-order valence-corrected chi connectivity index (χ4v) is 3.14. The summed E-state index contributed by atoms with van der Waals surface area (Å²) in [5.74, 6) is 0. The van der Waals surface area contributed by atoms with Crippen LogP contribution in [0.3, 0.4) is 0 Å². The zero-order chi connectivity index (χ0) is 14.2. The standard InChI is InChI=1S/C18H26BrN/c1-2-12-20-18(13-15-6-4-3-5-7-15)14-16-8-10-17(19)11-9-16/h6,8-11,18,20H,2-5,7,12-14H2,1H3. The Morgan fingerprint density at radius 3 is 2.60 bits per heavy atom. The summed E-state index contributed by atoms with van der Waals surface area (Å²) in [4.78, 5) is 0. The van der Waals surface area contributed by atoms with E-state index >= 15 is 0 Å². The highest BCUT2D eigenvalue weighted by Gasteiger charge is 2.13. The number of hydrogen-bond donors (Lipinski definition) is 1. The topological polar surface area (TPSA) is 12.0 Å². The maximum atomic E-state index is 3.73. The second-order valence-electron chi connectivity index (χ2n) is 5.79. The van der Waals surface area contributed by atoms with Crippen molar-refractivity contribution in [1.82, 2.24) is 5.32 Å². The van der Waals surface area contributed by atoms with E-state index in [1.807, 2.05) is 0 Å². The number of rotatable bonds is 7. The van der Waals surface area contributed by atoms with Crippen molar-refractivity contribution in [1.29, 1.82) is 0 Å². The molecule has 1 aromatic rings. The molecule has 2 rings (SSSR count). The smallest absolute Gasteiger partial charge is 0.0175 e. The van der Waals surface area contributed by atoms with Crippen LogP contribution in [0.5, 0.6) is 0 Å². The Kier molecular flexibility index (Phi) is 6.81. The van der Waals surface area contributed by atoms with Crippen LogP contribution in [0, 0.1) is 0 Å². The highest BCUT2D eigenvalue weighted by atomic mass is 79.9. The van der Waals surface area contributed by atoms with Gasteiger partial charge in [0.2, 0.25) is 0 Å².